The van der Waals surface area contributed by atoms with E-state index in [4.69, 9.17) is 4.42 Å². The second-order valence-electron chi connectivity index (χ2n) is 6.11. The fraction of sp³-hybridized carbons (Fsp3) is 0.158. The molecule has 0 spiro atoms. The highest BCUT2D eigenvalue weighted by Gasteiger charge is 2.13. The zero-order valence-corrected chi connectivity index (χ0v) is 16.2. The number of hydrogen-bond acceptors (Lipinski definition) is 8. The molecule has 2 aromatic carbocycles. The zero-order valence-electron chi connectivity index (χ0n) is 15.4. The first kappa shape index (κ1) is 18.8. The summed E-state index contributed by atoms with van der Waals surface area (Å²) in [6.45, 7) is 2.11. The minimum atomic E-state index is -0.455. The van der Waals surface area contributed by atoms with Gasteiger partial charge in [-0.2, -0.15) is 0 Å². The number of rotatable bonds is 7. The van der Waals surface area contributed by atoms with Crippen molar-refractivity contribution >= 4 is 17.4 Å². The molecule has 0 saturated heterocycles. The molecule has 146 valence electrons. The summed E-state index contributed by atoms with van der Waals surface area (Å²) in [5.41, 5.74) is 2.87. The van der Waals surface area contributed by atoms with Gasteiger partial charge in [0, 0.05) is 23.3 Å². The quantitative estimate of drug-likeness (QED) is 0.273. The van der Waals surface area contributed by atoms with Gasteiger partial charge in [-0.15, -0.1) is 15.3 Å². The maximum atomic E-state index is 10.7. The van der Waals surface area contributed by atoms with E-state index in [1.165, 1.54) is 29.5 Å². The number of hydrogen-bond donors (Lipinski definition) is 1. The number of nitrogens with zero attached hydrogens (tertiary/aromatic N) is 5. The minimum absolute atomic E-state index is 0.00814. The SMILES string of the molecule is CCc1ccc(-c2nc(SCc3nnc(-c4ccc([N+](=O)[O-])cc4)o3)n[nH]2)cc1. The average molecular weight is 408 g/mol. The Hall–Kier alpha value is -3.53. The number of nitro groups is 1. The van der Waals surface area contributed by atoms with Crippen LogP contribution in [0.25, 0.3) is 22.8 Å². The number of aromatic nitrogens is 5. The van der Waals surface area contributed by atoms with Crippen LogP contribution in [-0.2, 0) is 12.2 Å². The number of thioether (sulfide) groups is 1. The normalized spacial score (nSPS) is 10.9. The van der Waals surface area contributed by atoms with Crippen molar-refractivity contribution in [3.63, 3.8) is 0 Å². The van der Waals surface area contributed by atoms with Crippen molar-refractivity contribution in [2.45, 2.75) is 24.3 Å². The lowest BCUT2D eigenvalue weighted by atomic mass is 10.1. The van der Waals surface area contributed by atoms with Crippen molar-refractivity contribution in [3.8, 4) is 22.8 Å². The topological polar surface area (TPSA) is 124 Å². The molecule has 2 aromatic heterocycles. The second-order valence-corrected chi connectivity index (χ2v) is 7.05. The van der Waals surface area contributed by atoms with Crippen LogP contribution in [-0.4, -0.2) is 30.3 Å². The van der Waals surface area contributed by atoms with Gasteiger partial charge in [0.05, 0.1) is 10.7 Å². The Balaban J connectivity index is 1.40. The average Bonchev–Trinajstić information content (AvgIpc) is 3.42. The molecule has 0 aliphatic rings. The number of aryl methyl sites for hydroxylation is 1. The third-order valence-electron chi connectivity index (χ3n) is 4.22. The lowest BCUT2D eigenvalue weighted by molar-refractivity contribution is -0.384. The summed E-state index contributed by atoms with van der Waals surface area (Å²) in [6, 6.07) is 14.1. The van der Waals surface area contributed by atoms with Gasteiger partial charge in [0.2, 0.25) is 16.9 Å². The van der Waals surface area contributed by atoms with E-state index in [0.29, 0.717) is 34.1 Å². The Bertz CT molecular complexity index is 1120. The number of non-ortho nitro benzene ring substituents is 1. The van der Waals surface area contributed by atoms with E-state index in [9.17, 15) is 10.1 Å². The molecule has 4 rings (SSSR count). The van der Waals surface area contributed by atoms with Crippen LogP contribution in [0.4, 0.5) is 5.69 Å². The monoisotopic (exact) mass is 408 g/mol. The largest absolute Gasteiger partial charge is 0.420 e. The summed E-state index contributed by atoms with van der Waals surface area (Å²) in [4.78, 5) is 14.8. The number of nitro benzene ring substituents is 1. The maximum absolute atomic E-state index is 10.7. The van der Waals surface area contributed by atoms with Gasteiger partial charge >= 0.3 is 0 Å². The molecule has 0 fully saturated rings. The van der Waals surface area contributed by atoms with Gasteiger partial charge in [-0.1, -0.05) is 43.0 Å². The molecule has 29 heavy (non-hydrogen) atoms. The van der Waals surface area contributed by atoms with E-state index in [1.54, 1.807) is 12.1 Å². The first-order valence-corrected chi connectivity index (χ1v) is 9.82. The van der Waals surface area contributed by atoms with E-state index >= 15 is 0 Å². The van der Waals surface area contributed by atoms with Crippen LogP contribution >= 0.6 is 11.8 Å². The van der Waals surface area contributed by atoms with Crippen molar-refractivity contribution in [2.24, 2.45) is 0 Å². The molecule has 0 atom stereocenters. The smallest absolute Gasteiger partial charge is 0.269 e. The number of H-pyrrole nitrogens is 1. The third-order valence-corrected chi connectivity index (χ3v) is 5.05. The first-order valence-electron chi connectivity index (χ1n) is 8.84. The molecular formula is C19H16N6O3S. The molecule has 4 aromatic rings. The van der Waals surface area contributed by atoms with Crippen LogP contribution in [0.1, 0.15) is 18.4 Å². The van der Waals surface area contributed by atoms with E-state index < -0.39 is 4.92 Å². The van der Waals surface area contributed by atoms with Gasteiger partial charge in [0.15, 0.2) is 5.82 Å². The molecule has 0 amide bonds. The lowest BCUT2D eigenvalue weighted by Gasteiger charge is -1.98. The van der Waals surface area contributed by atoms with Crippen molar-refractivity contribution in [3.05, 3.63) is 70.1 Å². The van der Waals surface area contributed by atoms with Gasteiger partial charge in [0.25, 0.3) is 5.69 Å². The fourth-order valence-electron chi connectivity index (χ4n) is 2.62. The number of aromatic amines is 1. The predicted molar refractivity (Wildman–Crippen MR) is 107 cm³/mol. The Morgan fingerprint density at radius 2 is 1.79 bits per heavy atom. The highest BCUT2D eigenvalue weighted by Crippen LogP contribution is 2.25. The van der Waals surface area contributed by atoms with Crippen molar-refractivity contribution in [2.75, 3.05) is 0 Å². The number of nitrogens with one attached hydrogen (secondary N) is 1. The molecule has 0 bridgehead atoms. The molecule has 2 heterocycles. The summed E-state index contributed by atoms with van der Waals surface area (Å²) in [5.74, 6) is 1.84. The zero-order chi connectivity index (χ0) is 20.2. The van der Waals surface area contributed by atoms with E-state index in [1.807, 2.05) is 12.1 Å². The van der Waals surface area contributed by atoms with Crippen molar-refractivity contribution < 1.29 is 9.34 Å². The van der Waals surface area contributed by atoms with Crippen LogP contribution in [0.15, 0.2) is 58.1 Å². The molecule has 0 unspecified atom stereocenters. The summed E-state index contributed by atoms with van der Waals surface area (Å²) >= 11 is 1.37. The minimum Gasteiger partial charge on any atom is -0.420 e. The maximum Gasteiger partial charge on any atom is 0.269 e. The molecule has 0 aliphatic carbocycles. The molecule has 0 aliphatic heterocycles. The Morgan fingerprint density at radius 1 is 1.07 bits per heavy atom. The number of benzene rings is 2. The van der Waals surface area contributed by atoms with Crippen molar-refractivity contribution in [1.29, 1.82) is 0 Å². The standard InChI is InChI=1S/C19H16N6O3S/c1-2-12-3-5-13(6-4-12)17-20-19(24-22-17)29-11-16-21-23-18(28-16)14-7-9-15(10-8-14)25(26)27/h3-10H,2,11H2,1H3,(H,20,22,24). The Labute approximate surface area is 169 Å². The molecule has 0 radical (unpaired) electrons. The fourth-order valence-corrected chi connectivity index (χ4v) is 3.25. The van der Waals surface area contributed by atoms with E-state index in [-0.39, 0.29) is 5.69 Å². The van der Waals surface area contributed by atoms with E-state index in [2.05, 4.69) is 44.4 Å². The lowest BCUT2D eigenvalue weighted by Crippen LogP contribution is -1.87. The van der Waals surface area contributed by atoms with Crippen LogP contribution < -0.4 is 0 Å². The summed E-state index contributed by atoms with van der Waals surface area (Å²) in [6.07, 6.45) is 0.990. The second kappa shape index (κ2) is 8.23. The van der Waals surface area contributed by atoms with E-state index in [0.717, 1.165) is 12.0 Å². The molecule has 9 nitrogen and oxygen atoms in total. The molecule has 10 heteroatoms. The van der Waals surface area contributed by atoms with Crippen molar-refractivity contribution in [1.82, 2.24) is 25.4 Å². The molecule has 1 N–H and O–H groups in total. The van der Waals surface area contributed by atoms with Gasteiger partial charge in [-0.3, -0.25) is 15.2 Å². The summed E-state index contributed by atoms with van der Waals surface area (Å²) < 4.78 is 5.63. The highest BCUT2D eigenvalue weighted by molar-refractivity contribution is 7.98. The predicted octanol–water partition coefficient (Wildman–Crippen LogP) is 4.28. The third kappa shape index (κ3) is 4.32. The Morgan fingerprint density at radius 3 is 2.48 bits per heavy atom. The van der Waals surface area contributed by atoms with Crippen LogP contribution in [0, 0.1) is 10.1 Å². The summed E-state index contributed by atoms with van der Waals surface area (Å²) in [5, 5.41) is 26.5. The van der Waals surface area contributed by atoms with Crippen LogP contribution in [0.2, 0.25) is 0 Å². The highest BCUT2D eigenvalue weighted by atomic mass is 32.2. The van der Waals surface area contributed by atoms with Crippen LogP contribution in [0.5, 0.6) is 0 Å². The molecular weight excluding hydrogens is 392 g/mol. The van der Waals surface area contributed by atoms with Gasteiger partial charge in [-0.05, 0) is 24.1 Å². The van der Waals surface area contributed by atoms with Gasteiger partial charge in [-0.25, -0.2) is 4.98 Å². The molecule has 0 saturated carbocycles. The van der Waals surface area contributed by atoms with Gasteiger partial charge in [0.1, 0.15) is 0 Å². The van der Waals surface area contributed by atoms with Gasteiger partial charge < -0.3 is 4.42 Å². The first-order chi connectivity index (χ1) is 14.1. The van der Waals surface area contributed by atoms with Crippen LogP contribution in [0.3, 0.4) is 0 Å². The Kier molecular flexibility index (Phi) is 5.34. The summed E-state index contributed by atoms with van der Waals surface area (Å²) in [7, 11) is 0.